The van der Waals surface area contributed by atoms with E-state index in [9.17, 15) is 24.0 Å². The molecule has 0 bridgehead atoms. The van der Waals surface area contributed by atoms with Gasteiger partial charge in [0.1, 0.15) is 23.7 Å². The minimum Gasteiger partial charge on any atom is -0.368 e. The Kier molecular flexibility index (Phi) is 14.9. The van der Waals surface area contributed by atoms with Crippen LogP contribution in [0.15, 0.2) is 103 Å². The molecular formula is C44H54N8O5. The normalized spacial score (nSPS) is 13.9. The third-order valence-electron chi connectivity index (χ3n) is 10.1. The number of nitrogens with two attached hydrogens (primary N) is 3. The number of carbonyl (C=O) groups excluding carboxylic acids is 5. The molecule has 5 amide bonds. The predicted molar refractivity (Wildman–Crippen MR) is 223 cm³/mol. The number of unbranched alkanes of at least 4 members (excludes halogenated alkanes) is 1. The molecule has 0 spiro atoms. The zero-order chi connectivity index (χ0) is 40.8. The molecule has 0 saturated heterocycles. The number of nitrogens with one attached hydrogen (secondary N) is 5. The van der Waals surface area contributed by atoms with Gasteiger partial charge >= 0.3 is 0 Å². The summed E-state index contributed by atoms with van der Waals surface area (Å²) in [7, 11) is 0. The van der Waals surface area contributed by atoms with E-state index in [1.54, 1.807) is 6.92 Å². The summed E-state index contributed by atoms with van der Waals surface area (Å²) in [6.07, 6.45) is 4.13. The number of para-hydroxylation sites is 1. The summed E-state index contributed by atoms with van der Waals surface area (Å²) >= 11 is 0. The van der Waals surface area contributed by atoms with Gasteiger partial charge in [-0.3, -0.25) is 24.0 Å². The van der Waals surface area contributed by atoms with Gasteiger partial charge in [0.2, 0.25) is 29.5 Å². The van der Waals surface area contributed by atoms with Crippen LogP contribution in [0.2, 0.25) is 0 Å². The first-order valence-corrected chi connectivity index (χ1v) is 19.5. The average Bonchev–Trinajstić information content (AvgIpc) is 3.61. The Bertz CT molecular complexity index is 2150. The van der Waals surface area contributed by atoms with Crippen molar-refractivity contribution in [3.63, 3.8) is 0 Å². The Labute approximate surface area is 332 Å². The number of amides is 5. The second-order valence-electron chi connectivity index (χ2n) is 14.7. The van der Waals surface area contributed by atoms with E-state index in [0.717, 1.165) is 38.4 Å². The van der Waals surface area contributed by atoms with Crippen molar-refractivity contribution in [2.45, 2.75) is 82.0 Å². The molecule has 0 aliphatic carbocycles. The standard InChI is InChI=1S/C44H54N8O5/c1-44(52-39(53)19-11-23-46,27-33-28-48-35-17-8-7-16-34(33)35)43(57)51-38(26-30-20-21-31-14-5-6-15-32(31)24-30)42(56)50-37(25-29-12-3-2-4-13-29)41(55)49-36(40(47)54)18-9-10-22-45/h2-8,12-17,20-21,24,28,36-38,48H,9-11,18-19,22-23,25-27,45-46H2,1H3,(H2,47,54)(H,49,55)(H,50,56)(H,51,57)(H,52,53)/t36-,37-,38+,44+/m0/s1. The van der Waals surface area contributed by atoms with Gasteiger partial charge in [-0.15, -0.1) is 0 Å². The number of hydrogen-bond donors (Lipinski definition) is 8. The zero-order valence-electron chi connectivity index (χ0n) is 32.4. The highest BCUT2D eigenvalue weighted by Gasteiger charge is 2.39. The van der Waals surface area contributed by atoms with Crippen molar-refractivity contribution >= 4 is 51.2 Å². The Morgan fingerprint density at radius 3 is 2.04 bits per heavy atom. The Morgan fingerprint density at radius 1 is 0.684 bits per heavy atom. The van der Waals surface area contributed by atoms with Gasteiger partial charge in [0, 0.05) is 42.8 Å². The summed E-state index contributed by atoms with van der Waals surface area (Å²) in [5.41, 5.74) is 18.7. The Hall–Kier alpha value is -6.05. The monoisotopic (exact) mass is 774 g/mol. The van der Waals surface area contributed by atoms with Crippen molar-refractivity contribution in [3.8, 4) is 0 Å². The number of hydrogen-bond acceptors (Lipinski definition) is 7. The fraction of sp³-hybridized carbons (Fsp3) is 0.341. The number of fused-ring (bicyclic) bond motifs is 2. The van der Waals surface area contributed by atoms with Crippen molar-refractivity contribution in [1.29, 1.82) is 0 Å². The maximum atomic E-state index is 14.6. The van der Waals surface area contributed by atoms with Crippen LogP contribution >= 0.6 is 0 Å². The van der Waals surface area contributed by atoms with E-state index < -0.39 is 47.3 Å². The van der Waals surface area contributed by atoms with Gasteiger partial charge in [0.05, 0.1) is 0 Å². The van der Waals surface area contributed by atoms with Crippen molar-refractivity contribution in [3.05, 3.63) is 120 Å². The third kappa shape index (κ3) is 11.7. The van der Waals surface area contributed by atoms with Crippen molar-refractivity contribution in [2.24, 2.45) is 17.2 Å². The zero-order valence-corrected chi connectivity index (χ0v) is 32.4. The second kappa shape index (κ2) is 20.2. The molecule has 1 aromatic heterocycles. The largest absolute Gasteiger partial charge is 0.368 e. The minimum absolute atomic E-state index is 0.0648. The summed E-state index contributed by atoms with van der Waals surface area (Å²) in [4.78, 5) is 72.0. The van der Waals surface area contributed by atoms with Crippen LogP contribution in [0.3, 0.4) is 0 Å². The molecular weight excluding hydrogens is 721 g/mol. The van der Waals surface area contributed by atoms with Crippen molar-refractivity contribution in [2.75, 3.05) is 13.1 Å². The molecule has 0 aliphatic rings. The number of rotatable bonds is 21. The highest BCUT2D eigenvalue weighted by Crippen LogP contribution is 2.24. The van der Waals surface area contributed by atoms with Crippen LogP contribution in [0.25, 0.3) is 21.7 Å². The number of primary amides is 1. The van der Waals surface area contributed by atoms with Gasteiger partial charge in [-0.2, -0.15) is 0 Å². The van der Waals surface area contributed by atoms with Crippen LogP contribution in [0.1, 0.15) is 55.7 Å². The van der Waals surface area contributed by atoms with Gasteiger partial charge < -0.3 is 43.5 Å². The van der Waals surface area contributed by atoms with Crippen LogP contribution in [0.4, 0.5) is 0 Å². The van der Waals surface area contributed by atoms with Gasteiger partial charge in [-0.25, -0.2) is 0 Å². The molecule has 13 heteroatoms. The molecule has 57 heavy (non-hydrogen) atoms. The van der Waals surface area contributed by atoms with E-state index in [4.69, 9.17) is 17.2 Å². The fourth-order valence-corrected chi connectivity index (χ4v) is 6.98. The maximum Gasteiger partial charge on any atom is 0.246 e. The number of aromatic amines is 1. The molecule has 0 unspecified atom stereocenters. The first-order valence-electron chi connectivity index (χ1n) is 19.5. The summed E-state index contributed by atoms with van der Waals surface area (Å²) in [6.45, 7) is 2.36. The molecule has 1 heterocycles. The van der Waals surface area contributed by atoms with Crippen molar-refractivity contribution < 1.29 is 24.0 Å². The topological polar surface area (TPSA) is 227 Å². The van der Waals surface area contributed by atoms with Gasteiger partial charge in [-0.1, -0.05) is 91.0 Å². The molecule has 0 fully saturated rings. The first kappa shape index (κ1) is 42.1. The van der Waals surface area contributed by atoms with E-state index >= 15 is 0 Å². The van der Waals surface area contributed by atoms with Crippen molar-refractivity contribution in [1.82, 2.24) is 26.3 Å². The molecule has 5 aromatic rings. The summed E-state index contributed by atoms with van der Waals surface area (Å²) < 4.78 is 0. The van der Waals surface area contributed by atoms with Crippen LogP contribution in [-0.2, 0) is 43.2 Å². The molecule has 13 nitrogen and oxygen atoms in total. The highest BCUT2D eigenvalue weighted by atomic mass is 16.2. The highest BCUT2D eigenvalue weighted by molar-refractivity contribution is 5.98. The van der Waals surface area contributed by atoms with E-state index in [0.29, 0.717) is 32.4 Å². The predicted octanol–water partition coefficient (Wildman–Crippen LogP) is 3.03. The molecule has 300 valence electrons. The number of aromatic nitrogens is 1. The van der Waals surface area contributed by atoms with E-state index in [2.05, 4.69) is 26.3 Å². The average molecular weight is 775 g/mol. The molecule has 4 aromatic carbocycles. The third-order valence-corrected chi connectivity index (χ3v) is 10.1. The second-order valence-corrected chi connectivity index (χ2v) is 14.7. The van der Waals surface area contributed by atoms with E-state index in [-0.39, 0.29) is 38.0 Å². The smallest absolute Gasteiger partial charge is 0.246 e. The molecule has 5 rings (SSSR count). The quantitative estimate of drug-likeness (QED) is 0.0520. The number of H-pyrrole nitrogens is 1. The summed E-state index contributed by atoms with van der Waals surface area (Å²) in [6, 6.07) is 27.1. The fourth-order valence-electron chi connectivity index (χ4n) is 6.98. The molecule has 0 aliphatic heterocycles. The lowest BCUT2D eigenvalue weighted by atomic mass is 9.90. The van der Waals surface area contributed by atoms with Gasteiger partial charge in [0.25, 0.3) is 0 Å². The Balaban J connectivity index is 1.48. The van der Waals surface area contributed by atoms with Crippen LogP contribution in [0.5, 0.6) is 0 Å². The molecule has 0 radical (unpaired) electrons. The lowest BCUT2D eigenvalue weighted by Crippen LogP contribution is -2.63. The molecule has 4 atom stereocenters. The number of benzene rings is 4. The lowest BCUT2D eigenvalue weighted by Gasteiger charge is -2.32. The SMILES string of the molecule is C[C@](Cc1c[nH]c2ccccc12)(NC(=O)CCCN)C(=O)N[C@H](Cc1ccc2ccccc2c1)C(=O)N[C@@H](Cc1ccccc1)C(=O)N[C@@H](CCCCN)C(N)=O. The van der Waals surface area contributed by atoms with Crippen LogP contribution in [-0.4, -0.2) is 71.3 Å². The Morgan fingerprint density at radius 2 is 1.32 bits per heavy atom. The minimum atomic E-state index is -1.50. The molecule has 0 saturated carbocycles. The van der Waals surface area contributed by atoms with Crippen LogP contribution < -0.4 is 38.5 Å². The maximum absolute atomic E-state index is 14.6. The van der Waals surface area contributed by atoms with E-state index in [1.165, 1.54) is 0 Å². The van der Waals surface area contributed by atoms with Gasteiger partial charge in [0.15, 0.2) is 0 Å². The number of carbonyl (C=O) groups is 5. The van der Waals surface area contributed by atoms with Gasteiger partial charge in [-0.05, 0) is 79.2 Å². The summed E-state index contributed by atoms with van der Waals surface area (Å²) in [5.74, 6) is -2.88. The van der Waals surface area contributed by atoms with E-state index in [1.807, 2.05) is 103 Å². The molecule has 11 N–H and O–H groups in total. The first-order chi connectivity index (χ1) is 27.5. The lowest BCUT2D eigenvalue weighted by molar-refractivity contribution is -0.136. The summed E-state index contributed by atoms with van der Waals surface area (Å²) in [5, 5.41) is 14.4. The van der Waals surface area contributed by atoms with Crippen LogP contribution in [0, 0.1) is 0 Å².